The van der Waals surface area contributed by atoms with Gasteiger partial charge in [0.1, 0.15) is 12.7 Å². The molecule has 0 amide bonds. The van der Waals surface area contributed by atoms with Crippen molar-refractivity contribution in [3.63, 3.8) is 0 Å². The summed E-state index contributed by atoms with van der Waals surface area (Å²) in [4.78, 5) is 19.7. The number of aromatic amines is 1. The number of anilines is 1. The van der Waals surface area contributed by atoms with E-state index in [0.717, 1.165) is 6.20 Å². The third-order valence-corrected chi connectivity index (χ3v) is 1.23. The lowest BCUT2D eigenvalue weighted by Crippen LogP contribution is -2.13. The van der Waals surface area contributed by atoms with E-state index in [4.69, 9.17) is 5.11 Å². The standard InChI is InChI=1S/C5H6N4O4/c10-4(11)2-6-5-3(9(12)13)1-7-8-5/h1H,2H2,(H,10,11)(H2,6,7,8). The molecular formula is C5H6N4O4. The highest BCUT2D eigenvalue weighted by Gasteiger charge is 2.15. The lowest BCUT2D eigenvalue weighted by molar-refractivity contribution is -0.383. The second-order valence-electron chi connectivity index (χ2n) is 2.13. The number of carbonyl (C=O) groups is 1. The highest BCUT2D eigenvalue weighted by atomic mass is 16.6. The zero-order valence-corrected chi connectivity index (χ0v) is 6.35. The van der Waals surface area contributed by atoms with Crippen LogP contribution in [-0.4, -0.2) is 32.7 Å². The molecule has 1 aromatic rings. The number of hydrogen-bond acceptors (Lipinski definition) is 5. The first-order valence-corrected chi connectivity index (χ1v) is 3.24. The topological polar surface area (TPSA) is 121 Å². The van der Waals surface area contributed by atoms with E-state index < -0.39 is 17.4 Å². The van der Waals surface area contributed by atoms with Gasteiger partial charge in [-0.25, -0.2) is 0 Å². The Morgan fingerprint density at radius 1 is 1.85 bits per heavy atom. The number of carboxylic acid groups (broad SMARTS) is 1. The molecule has 0 aliphatic heterocycles. The van der Waals surface area contributed by atoms with Crippen LogP contribution in [0.25, 0.3) is 0 Å². The molecule has 0 unspecified atom stereocenters. The predicted octanol–water partition coefficient (Wildman–Crippen LogP) is -0.186. The zero-order valence-electron chi connectivity index (χ0n) is 6.35. The van der Waals surface area contributed by atoms with Crippen LogP contribution in [0, 0.1) is 10.1 Å². The van der Waals surface area contributed by atoms with Gasteiger partial charge in [-0.15, -0.1) is 0 Å². The average molecular weight is 186 g/mol. The molecule has 8 heteroatoms. The van der Waals surface area contributed by atoms with Gasteiger partial charge in [-0.1, -0.05) is 0 Å². The van der Waals surface area contributed by atoms with Crippen molar-refractivity contribution in [1.29, 1.82) is 0 Å². The number of hydrogen-bond donors (Lipinski definition) is 3. The quantitative estimate of drug-likeness (QED) is 0.442. The Kier molecular flexibility index (Phi) is 2.43. The third kappa shape index (κ3) is 2.15. The van der Waals surface area contributed by atoms with Crippen molar-refractivity contribution in [2.75, 3.05) is 11.9 Å². The minimum Gasteiger partial charge on any atom is -0.480 e. The van der Waals surface area contributed by atoms with Gasteiger partial charge in [-0.2, -0.15) is 5.10 Å². The number of aliphatic carboxylic acids is 1. The van der Waals surface area contributed by atoms with Gasteiger partial charge >= 0.3 is 11.7 Å². The molecule has 0 aliphatic carbocycles. The summed E-state index contributed by atoms with van der Waals surface area (Å²) < 4.78 is 0. The number of nitro groups is 1. The molecular weight excluding hydrogens is 180 g/mol. The summed E-state index contributed by atoms with van der Waals surface area (Å²) in [5, 5.41) is 26.6. The third-order valence-electron chi connectivity index (χ3n) is 1.23. The largest absolute Gasteiger partial charge is 0.480 e. The lowest BCUT2D eigenvalue weighted by atomic mass is 10.5. The first-order valence-electron chi connectivity index (χ1n) is 3.24. The molecule has 1 rings (SSSR count). The normalized spacial score (nSPS) is 9.54. The molecule has 13 heavy (non-hydrogen) atoms. The number of carboxylic acids is 1. The highest BCUT2D eigenvalue weighted by Crippen LogP contribution is 2.19. The van der Waals surface area contributed by atoms with Gasteiger partial charge in [0.05, 0.1) is 4.92 Å². The Morgan fingerprint density at radius 3 is 3.08 bits per heavy atom. The molecule has 1 heterocycles. The van der Waals surface area contributed by atoms with Crippen LogP contribution in [0.15, 0.2) is 6.20 Å². The number of aromatic nitrogens is 2. The van der Waals surface area contributed by atoms with E-state index in [-0.39, 0.29) is 11.5 Å². The SMILES string of the molecule is O=C(O)CNc1[nH]ncc1[N+](=O)[O-]. The number of nitrogens with one attached hydrogen (secondary N) is 2. The van der Waals surface area contributed by atoms with Gasteiger partial charge in [0, 0.05) is 0 Å². The molecule has 0 spiro atoms. The minimum absolute atomic E-state index is 0.00704. The van der Waals surface area contributed by atoms with Crippen molar-refractivity contribution in [2.45, 2.75) is 0 Å². The van der Waals surface area contributed by atoms with Gasteiger partial charge < -0.3 is 10.4 Å². The summed E-state index contributed by atoms with van der Waals surface area (Å²) in [5.74, 6) is -1.11. The summed E-state index contributed by atoms with van der Waals surface area (Å²) in [6, 6.07) is 0. The molecule has 0 bridgehead atoms. The van der Waals surface area contributed by atoms with Gasteiger partial charge in [0.15, 0.2) is 0 Å². The van der Waals surface area contributed by atoms with Gasteiger partial charge in [-0.05, 0) is 0 Å². The first-order chi connectivity index (χ1) is 6.11. The van der Waals surface area contributed by atoms with Crippen molar-refractivity contribution >= 4 is 17.5 Å². The van der Waals surface area contributed by atoms with E-state index >= 15 is 0 Å². The Morgan fingerprint density at radius 2 is 2.54 bits per heavy atom. The molecule has 3 N–H and O–H groups in total. The molecule has 0 saturated carbocycles. The molecule has 1 aromatic heterocycles. The molecule has 0 fully saturated rings. The van der Waals surface area contributed by atoms with E-state index in [0.29, 0.717) is 0 Å². The van der Waals surface area contributed by atoms with E-state index in [2.05, 4.69) is 15.5 Å². The summed E-state index contributed by atoms with van der Waals surface area (Å²) in [7, 11) is 0. The van der Waals surface area contributed by atoms with Crippen LogP contribution in [0.2, 0.25) is 0 Å². The van der Waals surface area contributed by atoms with E-state index in [1.165, 1.54) is 0 Å². The fourth-order valence-corrected chi connectivity index (χ4v) is 0.712. The van der Waals surface area contributed by atoms with Gasteiger partial charge in [0.25, 0.3) is 0 Å². The molecule has 0 aromatic carbocycles. The van der Waals surface area contributed by atoms with Crippen LogP contribution in [0.5, 0.6) is 0 Å². The predicted molar refractivity (Wildman–Crippen MR) is 41.4 cm³/mol. The van der Waals surface area contributed by atoms with Crippen LogP contribution in [0.4, 0.5) is 11.5 Å². The average Bonchev–Trinajstić information content (AvgIpc) is 2.47. The van der Waals surface area contributed by atoms with Crippen LogP contribution in [-0.2, 0) is 4.79 Å². The second-order valence-corrected chi connectivity index (χ2v) is 2.13. The number of nitrogens with zero attached hydrogens (tertiary/aromatic N) is 2. The van der Waals surface area contributed by atoms with E-state index in [1.54, 1.807) is 0 Å². The van der Waals surface area contributed by atoms with Crippen molar-refractivity contribution in [3.8, 4) is 0 Å². The van der Waals surface area contributed by atoms with Gasteiger partial charge in [-0.3, -0.25) is 20.0 Å². The zero-order chi connectivity index (χ0) is 9.84. The molecule has 0 atom stereocenters. The maximum Gasteiger partial charge on any atom is 0.330 e. The van der Waals surface area contributed by atoms with Crippen molar-refractivity contribution in [2.24, 2.45) is 0 Å². The summed E-state index contributed by atoms with van der Waals surface area (Å²) in [6.07, 6.45) is 1.00. The molecule has 0 aliphatic rings. The summed E-state index contributed by atoms with van der Waals surface area (Å²) in [5.41, 5.74) is -0.277. The summed E-state index contributed by atoms with van der Waals surface area (Å²) >= 11 is 0. The molecule has 70 valence electrons. The maximum absolute atomic E-state index is 10.3. The first kappa shape index (κ1) is 8.97. The Hall–Kier alpha value is -2.12. The Bertz CT molecular complexity index is 333. The minimum atomic E-state index is -1.11. The van der Waals surface area contributed by atoms with Gasteiger partial charge in [0.2, 0.25) is 5.82 Å². The molecule has 8 nitrogen and oxygen atoms in total. The van der Waals surface area contributed by atoms with E-state index in [9.17, 15) is 14.9 Å². The smallest absolute Gasteiger partial charge is 0.330 e. The van der Waals surface area contributed by atoms with Crippen molar-refractivity contribution < 1.29 is 14.8 Å². The lowest BCUT2D eigenvalue weighted by Gasteiger charge is -1.97. The van der Waals surface area contributed by atoms with Crippen LogP contribution in [0.1, 0.15) is 0 Å². The monoisotopic (exact) mass is 186 g/mol. The van der Waals surface area contributed by atoms with Crippen molar-refractivity contribution in [1.82, 2.24) is 10.2 Å². The molecule has 0 radical (unpaired) electrons. The Balaban J connectivity index is 2.71. The van der Waals surface area contributed by atoms with Crippen molar-refractivity contribution in [3.05, 3.63) is 16.3 Å². The summed E-state index contributed by atoms with van der Waals surface area (Å²) in [6.45, 7) is -0.400. The number of rotatable bonds is 4. The molecule has 0 saturated heterocycles. The maximum atomic E-state index is 10.3. The van der Waals surface area contributed by atoms with Crippen LogP contribution >= 0.6 is 0 Å². The second kappa shape index (κ2) is 3.52. The van der Waals surface area contributed by atoms with Crippen LogP contribution < -0.4 is 5.32 Å². The fourth-order valence-electron chi connectivity index (χ4n) is 0.712. The fraction of sp³-hybridized carbons (Fsp3) is 0.200. The van der Waals surface area contributed by atoms with Crippen LogP contribution in [0.3, 0.4) is 0 Å². The van der Waals surface area contributed by atoms with E-state index in [1.807, 2.05) is 0 Å². The Labute approximate surface area is 71.7 Å². The number of H-pyrrole nitrogens is 1. The highest BCUT2D eigenvalue weighted by molar-refractivity contribution is 5.73.